The van der Waals surface area contributed by atoms with Gasteiger partial charge in [0.15, 0.2) is 0 Å². The number of aromatic nitrogens is 1. The molecular formula is C13H6Cl4N2. The summed E-state index contributed by atoms with van der Waals surface area (Å²) < 4.78 is 0. The van der Waals surface area contributed by atoms with Gasteiger partial charge >= 0.3 is 0 Å². The zero-order valence-corrected chi connectivity index (χ0v) is 12.4. The number of nitriles is 1. The quantitative estimate of drug-likeness (QED) is 0.543. The van der Waals surface area contributed by atoms with Crippen molar-refractivity contribution in [1.82, 2.24) is 4.98 Å². The molecule has 0 radical (unpaired) electrons. The van der Waals surface area contributed by atoms with Crippen LogP contribution in [0.1, 0.15) is 5.69 Å². The molecule has 19 heavy (non-hydrogen) atoms. The highest BCUT2D eigenvalue weighted by atomic mass is 35.5. The van der Waals surface area contributed by atoms with E-state index in [1.165, 1.54) is 0 Å². The molecule has 0 aliphatic heterocycles. The van der Waals surface area contributed by atoms with E-state index < -0.39 is 0 Å². The monoisotopic (exact) mass is 330 g/mol. The standard InChI is InChI=1S/C13H6Cl4N2/c14-9-3-1-8(12(16)13(9)17)7-2-4-11(15)19-10(7)5-6-18/h1-4H,5H2. The van der Waals surface area contributed by atoms with E-state index in [-0.39, 0.29) is 11.4 Å². The Morgan fingerprint density at radius 3 is 2.32 bits per heavy atom. The summed E-state index contributed by atoms with van der Waals surface area (Å²) in [6.07, 6.45) is 0.131. The van der Waals surface area contributed by atoms with Crippen LogP contribution in [0, 0.1) is 11.3 Å². The Balaban J connectivity index is 2.66. The van der Waals surface area contributed by atoms with Crippen LogP contribution in [0.15, 0.2) is 24.3 Å². The topological polar surface area (TPSA) is 36.7 Å². The average Bonchev–Trinajstić information content (AvgIpc) is 2.38. The first-order chi connectivity index (χ1) is 9.04. The molecule has 1 aromatic carbocycles. The second kappa shape index (κ2) is 5.98. The van der Waals surface area contributed by atoms with Crippen LogP contribution in [0.2, 0.25) is 20.2 Å². The molecule has 1 heterocycles. The summed E-state index contributed by atoms with van der Waals surface area (Å²) >= 11 is 23.9. The number of halogens is 4. The third kappa shape index (κ3) is 2.96. The van der Waals surface area contributed by atoms with E-state index in [9.17, 15) is 0 Å². The molecule has 96 valence electrons. The molecule has 0 aliphatic rings. The van der Waals surface area contributed by atoms with Crippen LogP contribution < -0.4 is 0 Å². The maximum Gasteiger partial charge on any atom is 0.129 e. The fraction of sp³-hybridized carbons (Fsp3) is 0.0769. The van der Waals surface area contributed by atoms with Gasteiger partial charge in [-0.05, 0) is 18.2 Å². The summed E-state index contributed by atoms with van der Waals surface area (Å²) in [5, 5.41) is 10.1. The maximum atomic E-state index is 8.84. The second-order valence-electron chi connectivity index (χ2n) is 3.69. The van der Waals surface area contributed by atoms with Crippen molar-refractivity contribution in [1.29, 1.82) is 5.26 Å². The van der Waals surface area contributed by atoms with Gasteiger partial charge in [0.05, 0.1) is 33.3 Å². The van der Waals surface area contributed by atoms with Gasteiger partial charge in [-0.25, -0.2) is 4.98 Å². The highest BCUT2D eigenvalue weighted by Gasteiger charge is 2.14. The Bertz CT molecular complexity index is 677. The summed E-state index contributed by atoms with van der Waals surface area (Å²) in [7, 11) is 0. The summed E-state index contributed by atoms with van der Waals surface area (Å²) in [6.45, 7) is 0. The number of nitrogens with zero attached hydrogens (tertiary/aromatic N) is 2. The molecule has 0 N–H and O–H groups in total. The van der Waals surface area contributed by atoms with Gasteiger partial charge in [-0.2, -0.15) is 5.26 Å². The molecule has 0 amide bonds. The third-order valence-electron chi connectivity index (χ3n) is 2.51. The SMILES string of the molecule is N#CCc1nc(Cl)ccc1-c1ccc(Cl)c(Cl)c1Cl. The van der Waals surface area contributed by atoms with Crippen molar-refractivity contribution >= 4 is 46.4 Å². The largest absolute Gasteiger partial charge is 0.239 e. The number of benzene rings is 1. The molecule has 0 fully saturated rings. The van der Waals surface area contributed by atoms with Gasteiger partial charge in [0.25, 0.3) is 0 Å². The summed E-state index contributed by atoms with van der Waals surface area (Å²) in [5.41, 5.74) is 1.94. The lowest BCUT2D eigenvalue weighted by molar-refractivity contribution is 1.12. The molecule has 2 aromatic rings. The Morgan fingerprint density at radius 2 is 1.63 bits per heavy atom. The predicted octanol–water partition coefficient (Wildman–Crippen LogP) is 5.43. The molecule has 2 rings (SSSR count). The number of hydrogen-bond acceptors (Lipinski definition) is 2. The second-order valence-corrected chi connectivity index (χ2v) is 5.24. The van der Waals surface area contributed by atoms with E-state index in [4.69, 9.17) is 51.7 Å². The predicted molar refractivity (Wildman–Crippen MR) is 79.0 cm³/mol. The van der Waals surface area contributed by atoms with Gasteiger partial charge in [0.2, 0.25) is 0 Å². The summed E-state index contributed by atoms with van der Waals surface area (Å²) in [5.74, 6) is 0. The fourth-order valence-electron chi connectivity index (χ4n) is 1.66. The van der Waals surface area contributed by atoms with E-state index in [1.807, 2.05) is 6.07 Å². The summed E-state index contributed by atoms with van der Waals surface area (Å²) in [6, 6.07) is 8.82. The van der Waals surface area contributed by atoms with Crippen LogP contribution in [-0.2, 0) is 6.42 Å². The maximum absolute atomic E-state index is 8.84. The molecule has 0 bridgehead atoms. The molecule has 0 saturated heterocycles. The molecule has 0 unspecified atom stereocenters. The molecule has 0 atom stereocenters. The third-order valence-corrected chi connectivity index (χ3v) is 4.02. The first kappa shape index (κ1) is 14.4. The van der Waals surface area contributed by atoms with Gasteiger partial charge in [0, 0.05) is 11.1 Å². The Labute approximate surface area is 130 Å². The van der Waals surface area contributed by atoms with Crippen LogP contribution in [0.5, 0.6) is 0 Å². The van der Waals surface area contributed by atoms with Crippen molar-refractivity contribution in [3.8, 4) is 17.2 Å². The van der Waals surface area contributed by atoms with Crippen LogP contribution in [0.3, 0.4) is 0 Å². The highest BCUT2D eigenvalue weighted by molar-refractivity contribution is 6.49. The molecular weight excluding hydrogens is 326 g/mol. The lowest BCUT2D eigenvalue weighted by Gasteiger charge is -2.10. The van der Waals surface area contributed by atoms with Gasteiger partial charge in [0.1, 0.15) is 5.15 Å². The zero-order chi connectivity index (χ0) is 14.0. The minimum atomic E-state index is 0.131. The van der Waals surface area contributed by atoms with E-state index in [0.717, 1.165) is 5.56 Å². The van der Waals surface area contributed by atoms with Gasteiger partial charge in [-0.15, -0.1) is 0 Å². The van der Waals surface area contributed by atoms with E-state index >= 15 is 0 Å². The van der Waals surface area contributed by atoms with Crippen molar-refractivity contribution < 1.29 is 0 Å². The van der Waals surface area contributed by atoms with Crippen molar-refractivity contribution in [3.63, 3.8) is 0 Å². The average molecular weight is 332 g/mol. The van der Waals surface area contributed by atoms with E-state index in [0.29, 0.717) is 26.5 Å². The number of hydrogen-bond donors (Lipinski definition) is 0. The van der Waals surface area contributed by atoms with Crippen molar-refractivity contribution in [3.05, 3.63) is 50.2 Å². The summed E-state index contributed by atoms with van der Waals surface area (Å²) in [4.78, 5) is 4.14. The zero-order valence-electron chi connectivity index (χ0n) is 9.42. The Hall–Kier alpha value is -0.980. The van der Waals surface area contributed by atoms with Crippen LogP contribution >= 0.6 is 46.4 Å². The molecule has 0 spiro atoms. The molecule has 2 nitrogen and oxygen atoms in total. The molecule has 0 aliphatic carbocycles. The minimum Gasteiger partial charge on any atom is -0.239 e. The lowest BCUT2D eigenvalue weighted by atomic mass is 10.0. The normalized spacial score (nSPS) is 10.3. The highest BCUT2D eigenvalue weighted by Crippen LogP contribution is 2.39. The molecule has 1 aromatic heterocycles. The first-order valence-electron chi connectivity index (χ1n) is 5.21. The van der Waals surface area contributed by atoms with Crippen molar-refractivity contribution in [2.45, 2.75) is 6.42 Å². The van der Waals surface area contributed by atoms with Crippen LogP contribution in [-0.4, -0.2) is 4.98 Å². The van der Waals surface area contributed by atoms with Crippen molar-refractivity contribution in [2.24, 2.45) is 0 Å². The van der Waals surface area contributed by atoms with Crippen LogP contribution in [0.25, 0.3) is 11.1 Å². The number of pyridine rings is 1. The molecule has 6 heteroatoms. The van der Waals surface area contributed by atoms with Gasteiger partial charge in [-0.3, -0.25) is 0 Å². The van der Waals surface area contributed by atoms with E-state index in [1.54, 1.807) is 24.3 Å². The van der Waals surface area contributed by atoms with E-state index in [2.05, 4.69) is 4.98 Å². The Kier molecular flexibility index (Phi) is 4.54. The van der Waals surface area contributed by atoms with Gasteiger partial charge in [-0.1, -0.05) is 52.5 Å². The smallest absolute Gasteiger partial charge is 0.129 e. The first-order valence-corrected chi connectivity index (χ1v) is 6.72. The minimum absolute atomic E-state index is 0.131. The number of rotatable bonds is 2. The lowest BCUT2D eigenvalue weighted by Crippen LogP contribution is -1.94. The molecule has 0 saturated carbocycles. The fourth-order valence-corrected chi connectivity index (χ4v) is 2.47. The Morgan fingerprint density at radius 1 is 0.947 bits per heavy atom. The van der Waals surface area contributed by atoms with Crippen LogP contribution in [0.4, 0.5) is 0 Å². The van der Waals surface area contributed by atoms with Crippen molar-refractivity contribution in [2.75, 3.05) is 0 Å². The van der Waals surface area contributed by atoms with Gasteiger partial charge < -0.3 is 0 Å².